The highest BCUT2D eigenvalue weighted by atomic mass is 35.5. The number of fused-ring (bicyclic) bond motifs is 1. The second-order valence-electron chi connectivity index (χ2n) is 8.58. The fourth-order valence-electron chi connectivity index (χ4n) is 3.57. The highest BCUT2D eigenvalue weighted by molar-refractivity contribution is 8.00. The van der Waals surface area contributed by atoms with Gasteiger partial charge in [0, 0.05) is 28.8 Å². The van der Waals surface area contributed by atoms with Crippen LogP contribution in [-0.2, 0) is 30.6 Å². The molecule has 0 bridgehead atoms. The van der Waals surface area contributed by atoms with E-state index in [0.717, 1.165) is 11.3 Å². The van der Waals surface area contributed by atoms with Crippen LogP contribution in [0.1, 0.15) is 19.5 Å². The number of aliphatic carboxylic acids is 2. The summed E-state index contributed by atoms with van der Waals surface area (Å²) in [5.74, 6) is -3.66. The molecule has 0 saturated carbocycles. The zero-order chi connectivity index (χ0) is 26.9. The lowest BCUT2D eigenvalue weighted by Crippen LogP contribution is -2.71. The van der Waals surface area contributed by atoms with Crippen molar-refractivity contribution in [1.82, 2.24) is 15.2 Å². The van der Waals surface area contributed by atoms with Gasteiger partial charge < -0.3 is 26.1 Å². The zero-order valence-corrected chi connectivity index (χ0v) is 23.7. The van der Waals surface area contributed by atoms with Crippen LogP contribution in [-0.4, -0.2) is 72.3 Å². The topological polar surface area (TPSA) is 188 Å². The van der Waals surface area contributed by atoms with Gasteiger partial charge in [0.25, 0.3) is 11.8 Å². The van der Waals surface area contributed by atoms with Crippen molar-refractivity contribution in [1.29, 1.82) is 0 Å². The van der Waals surface area contributed by atoms with E-state index in [1.165, 1.54) is 35.9 Å². The molecule has 0 spiro atoms. The quantitative estimate of drug-likeness (QED) is 0.136. The van der Waals surface area contributed by atoms with Gasteiger partial charge in [0.1, 0.15) is 22.8 Å². The molecule has 2 aliphatic heterocycles. The summed E-state index contributed by atoms with van der Waals surface area (Å²) in [4.78, 5) is 59.9. The second kappa shape index (κ2) is 12.6. The molecule has 0 aliphatic carbocycles. The first-order chi connectivity index (χ1) is 17.5. The largest absolute Gasteiger partial charge is 0.478 e. The predicted octanol–water partition coefficient (Wildman–Crippen LogP) is 0.879. The maximum atomic E-state index is 13.1. The summed E-state index contributed by atoms with van der Waals surface area (Å²) in [7, 11) is 0. The Morgan fingerprint density at radius 2 is 1.92 bits per heavy atom. The van der Waals surface area contributed by atoms with Crippen LogP contribution in [0, 0.1) is 0 Å². The average molecular weight is 621 g/mol. The first-order valence-electron chi connectivity index (χ1n) is 10.9. The summed E-state index contributed by atoms with van der Waals surface area (Å²) in [6, 6.07) is 4.44. The molecule has 4 rings (SSSR count). The van der Waals surface area contributed by atoms with E-state index in [2.05, 4.69) is 15.5 Å². The van der Waals surface area contributed by atoms with E-state index in [1.807, 2.05) is 22.8 Å². The Morgan fingerprint density at radius 1 is 1.26 bits per heavy atom. The number of carbonyl (C=O) groups is 4. The zero-order valence-electron chi connectivity index (χ0n) is 20.5. The van der Waals surface area contributed by atoms with Crippen molar-refractivity contribution in [2.24, 2.45) is 5.16 Å². The van der Waals surface area contributed by atoms with Crippen LogP contribution in [0.15, 0.2) is 52.4 Å². The number of carboxylic acids is 2. The number of pyridine rings is 1. The standard InChI is InChI=1S/C22H22N6O7S2.2ClH/c1-22(2,20(33)34)35-26-13(12-10-37-21(23)24-12)16(29)25-14-17(30)28-15(19(31)32)11(9-36-18(14)28)8-27-6-4-3-5-7-27;;/h3-7,10,14,18H,8-9H2,1-2H3,(H4-,23,24,25,29,31,32,33,34);2*1H/p+1/b26-13-;;/t14-,18-;;/m1../s1. The van der Waals surface area contributed by atoms with Crippen molar-refractivity contribution >= 4 is 82.5 Å². The summed E-state index contributed by atoms with van der Waals surface area (Å²) in [6.45, 7) is 2.80. The molecule has 2 aliphatic rings. The number of anilines is 1. The highest BCUT2D eigenvalue weighted by Gasteiger charge is 2.54. The minimum absolute atomic E-state index is 0. The summed E-state index contributed by atoms with van der Waals surface area (Å²) in [5, 5.41) is 26.3. The lowest BCUT2D eigenvalue weighted by molar-refractivity contribution is -0.689. The number of nitrogen functional groups attached to an aromatic ring is 1. The third-order valence-electron chi connectivity index (χ3n) is 5.55. The van der Waals surface area contributed by atoms with E-state index < -0.39 is 40.8 Å². The van der Waals surface area contributed by atoms with Gasteiger partial charge >= 0.3 is 11.9 Å². The van der Waals surface area contributed by atoms with Gasteiger partial charge in [-0.05, 0) is 13.8 Å². The van der Waals surface area contributed by atoms with Crippen LogP contribution >= 0.6 is 47.9 Å². The Kier molecular flexibility index (Phi) is 10.3. The smallest absolute Gasteiger partial charge is 0.352 e. The minimum Gasteiger partial charge on any atom is -0.478 e. The molecule has 2 aromatic rings. The van der Waals surface area contributed by atoms with Crippen LogP contribution in [0.5, 0.6) is 0 Å². The molecule has 39 heavy (non-hydrogen) atoms. The van der Waals surface area contributed by atoms with Crippen molar-refractivity contribution in [2.45, 2.75) is 37.4 Å². The first kappa shape index (κ1) is 31.8. The summed E-state index contributed by atoms with van der Waals surface area (Å²) < 4.78 is 1.81. The van der Waals surface area contributed by atoms with Crippen LogP contribution in [0.4, 0.5) is 5.13 Å². The van der Waals surface area contributed by atoms with E-state index in [1.54, 1.807) is 12.4 Å². The lowest BCUT2D eigenvalue weighted by atomic mass is 10.0. The maximum absolute atomic E-state index is 13.1. The van der Waals surface area contributed by atoms with E-state index >= 15 is 0 Å². The molecule has 5 N–H and O–H groups in total. The molecule has 210 valence electrons. The molecule has 1 saturated heterocycles. The number of carbonyl (C=O) groups excluding carboxylic acids is 2. The van der Waals surface area contributed by atoms with Gasteiger partial charge in [-0.3, -0.25) is 14.5 Å². The van der Waals surface area contributed by atoms with Crippen LogP contribution < -0.4 is 15.6 Å². The number of hydrogen-bond donors (Lipinski definition) is 4. The van der Waals surface area contributed by atoms with Gasteiger partial charge in [0.05, 0.1) is 0 Å². The molecule has 2 amide bonds. The Labute approximate surface area is 242 Å². The number of nitrogens with two attached hydrogens (primary N) is 1. The molecular formula is C22H25Cl2N6O7S2+. The predicted molar refractivity (Wildman–Crippen MR) is 147 cm³/mol. The monoisotopic (exact) mass is 619 g/mol. The van der Waals surface area contributed by atoms with Crippen molar-refractivity contribution in [3.05, 3.63) is 52.9 Å². The normalized spacial score (nSPS) is 18.7. The Hall–Kier alpha value is -3.40. The fourth-order valence-corrected chi connectivity index (χ4v) is 5.46. The molecule has 1 fully saturated rings. The first-order valence-corrected chi connectivity index (χ1v) is 12.8. The third kappa shape index (κ3) is 6.61. The molecule has 17 heteroatoms. The number of halogens is 2. The van der Waals surface area contributed by atoms with Gasteiger partial charge in [0.15, 0.2) is 29.8 Å². The maximum Gasteiger partial charge on any atom is 0.352 e. The van der Waals surface area contributed by atoms with Crippen molar-refractivity contribution in [2.75, 3.05) is 11.5 Å². The molecule has 2 aromatic heterocycles. The number of β-lactam (4-membered cyclic amide) rings is 1. The summed E-state index contributed by atoms with van der Waals surface area (Å²) >= 11 is 2.35. The minimum atomic E-state index is -1.75. The van der Waals surface area contributed by atoms with Gasteiger partial charge in [0.2, 0.25) is 5.60 Å². The van der Waals surface area contributed by atoms with Gasteiger partial charge in [-0.25, -0.2) is 19.1 Å². The molecule has 0 unspecified atom stereocenters. The van der Waals surface area contributed by atoms with Gasteiger partial charge in [-0.15, -0.1) is 47.9 Å². The summed E-state index contributed by atoms with van der Waals surface area (Å²) in [6.07, 6.45) is 3.59. The fraction of sp³-hybridized carbons (Fsp3) is 0.318. The van der Waals surface area contributed by atoms with Crippen molar-refractivity contribution in [3.8, 4) is 0 Å². The number of rotatable bonds is 9. The Balaban J connectivity index is 0.00000267. The summed E-state index contributed by atoms with van der Waals surface area (Å²) in [5.41, 5.74) is 4.04. The average Bonchev–Trinajstić information content (AvgIpc) is 3.28. The number of thiazole rings is 1. The molecule has 0 aromatic carbocycles. The van der Waals surface area contributed by atoms with Gasteiger partial charge in [-0.1, -0.05) is 11.2 Å². The highest BCUT2D eigenvalue weighted by Crippen LogP contribution is 2.40. The number of aromatic nitrogens is 2. The number of nitrogens with zero attached hydrogens (tertiary/aromatic N) is 4. The molecule has 4 heterocycles. The number of carboxylic acid groups (broad SMARTS) is 2. The number of oxime groups is 1. The second-order valence-corrected chi connectivity index (χ2v) is 10.6. The van der Waals surface area contributed by atoms with Crippen molar-refractivity contribution in [3.63, 3.8) is 0 Å². The van der Waals surface area contributed by atoms with Crippen molar-refractivity contribution < 1.29 is 38.8 Å². The number of nitrogens with one attached hydrogen (secondary N) is 1. The van der Waals surface area contributed by atoms with E-state index in [-0.39, 0.29) is 47.0 Å². The van der Waals surface area contributed by atoms with E-state index in [9.17, 15) is 29.4 Å². The molecule has 0 radical (unpaired) electrons. The van der Waals surface area contributed by atoms with E-state index in [4.69, 9.17) is 10.6 Å². The number of amides is 2. The SMILES string of the molecule is CC(C)(O/N=C(\C(=O)N[C@@H]1C(=O)N2C(C(=O)O)=C(C[n+]3ccccc3)CS[C@H]12)c1csc(N)n1)C(=O)O.Cl.Cl. The third-order valence-corrected chi connectivity index (χ3v) is 7.56. The number of thioether (sulfide) groups is 1. The van der Waals surface area contributed by atoms with Crippen LogP contribution in [0.3, 0.4) is 0 Å². The van der Waals surface area contributed by atoms with Gasteiger partial charge in [-0.2, -0.15) is 0 Å². The van der Waals surface area contributed by atoms with Crippen LogP contribution in [0.25, 0.3) is 0 Å². The lowest BCUT2D eigenvalue weighted by Gasteiger charge is -2.49. The molecular weight excluding hydrogens is 595 g/mol. The number of hydrogen-bond acceptors (Lipinski definition) is 10. The van der Waals surface area contributed by atoms with Crippen LogP contribution in [0.2, 0.25) is 0 Å². The molecule has 13 nitrogen and oxygen atoms in total. The Bertz CT molecular complexity index is 1340. The van der Waals surface area contributed by atoms with E-state index in [0.29, 0.717) is 17.9 Å². The Morgan fingerprint density at radius 3 is 2.49 bits per heavy atom. The molecule has 2 atom stereocenters.